The van der Waals surface area contributed by atoms with Gasteiger partial charge in [-0.25, -0.2) is 8.78 Å². The van der Waals surface area contributed by atoms with Crippen molar-refractivity contribution in [2.75, 3.05) is 7.05 Å². The van der Waals surface area contributed by atoms with Crippen LogP contribution in [0.25, 0.3) is 0 Å². The van der Waals surface area contributed by atoms with Crippen LogP contribution < -0.4 is 5.32 Å². The summed E-state index contributed by atoms with van der Waals surface area (Å²) in [5.74, 6) is -0.801. The zero-order valence-electron chi connectivity index (χ0n) is 9.71. The molecule has 2 aromatic rings. The van der Waals surface area contributed by atoms with Gasteiger partial charge in [-0.3, -0.25) is 0 Å². The molecule has 1 aromatic carbocycles. The maximum absolute atomic E-state index is 13.7. The SMILES string of the molecule is CNC(Cc1cc(Br)cs1)c1cc(F)ccc1F. The number of nitrogens with one attached hydrogen (secondary N) is 1. The number of hydrogen-bond donors (Lipinski definition) is 1. The third kappa shape index (κ3) is 3.16. The summed E-state index contributed by atoms with van der Waals surface area (Å²) in [7, 11) is 1.75. The van der Waals surface area contributed by atoms with Gasteiger partial charge in [-0.15, -0.1) is 11.3 Å². The fourth-order valence-electron chi connectivity index (χ4n) is 1.81. The molecule has 0 amide bonds. The van der Waals surface area contributed by atoms with E-state index in [9.17, 15) is 8.78 Å². The average molecular weight is 332 g/mol. The van der Waals surface area contributed by atoms with Gasteiger partial charge in [0.1, 0.15) is 11.6 Å². The van der Waals surface area contributed by atoms with Crippen molar-refractivity contribution >= 4 is 27.3 Å². The largest absolute Gasteiger partial charge is 0.313 e. The van der Waals surface area contributed by atoms with Gasteiger partial charge in [-0.2, -0.15) is 0 Å². The second kappa shape index (κ2) is 5.91. The summed E-state index contributed by atoms with van der Waals surface area (Å²) in [4.78, 5) is 1.12. The molecule has 5 heteroatoms. The Morgan fingerprint density at radius 2 is 2.11 bits per heavy atom. The Kier molecular flexibility index (Phi) is 4.48. The molecule has 0 aliphatic heterocycles. The van der Waals surface area contributed by atoms with Crippen LogP contribution in [0.2, 0.25) is 0 Å². The van der Waals surface area contributed by atoms with E-state index in [0.717, 1.165) is 15.4 Å². The zero-order valence-corrected chi connectivity index (χ0v) is 12.1. The van der Waals surface area contributed by atoms with Crippen LogP contribution in [0, 0.1) is 11.6 Å². The quantitative estimate of drug-likeness (QED) is 0.881. The molecule has 1 heterocycles. The van der Waals surface area contributed by atoms with E-state index in [1.165, 1.54) is 12.1 Å². The molecule has 0 aliphatic carbocycles. The first-order valence-corrected chi connectivity index (χ1v) is 7.12. The summed E-state index contributed by atoms with van der Waals surface area (Å²) < 4.78 is 27.9. The van der Waals surface area contributed by atoms with Gasteiger partial charge in [-0.05, 0) is 47.2 Å². The molecule has 96 valence electrons. The van der Waals surface area contributed by atoms with Crippen molar-refractivity contribution in [1.82, 2.24) is 5.32 Å². The predicted octanol–water partition coefficient (Wildman–Crippen LogP) is 4.29. The van der Waals surface area contributed by atoms with Gasteiger partial charge < -0.3 is 5.32 Å². The highest BCUT2D eigenvalue weighted by molar-refractivity contribution is 9.10. The molecule has 18 heavy (non-hydrogen) atoms. The normalized spacial score (nSPS) is 12.7. The first-order valence-electron chi connectivity index (χ1n) is 5.45. The number of rotatable bonds is 4. The molecule has 1 unspecified atom stereocenters. The van der Waals surface area contributed by atoms with E-state index in [-0.39, 0.29) is 11.9 Å². The topological polar surface area (TPSA) is 12.0 Å². The lowest BCUT2D eigenvalue weighted by Crippen LogP contribution is -2.19. The van der Waals surface area contributed by atoms with Crippen LogP contribution >= 0.6 is 27.3 Å². The molecule has 0 saturated carbocycles. The van der Waals surface area contributed by atoms with Gasteiger partial charge in [0.25, 0.3) is 0 Å². The maximum atomic E-state index is 13.7. The number of likely N-dealkylation sites (N-methyl/N-ethyl adjacent to an activating group) is 1. The molecular weight excluding hydrogens is 320 g/mol. The van der Waals surface area contributed by atoms with Crippen LogP contribution in [0.4, 0.5) is 8.78 Å². The lowest BCUT2D eigenvalue weighted by atomic mass is 10.0. The number of hydrogen-bond acceptors (Lipinski definition) is 2. The molecule has 0 bridgehead atoms. The zero-order chi connectivity index (χ0) is 13.1. The molecule has 1 nitrogen and oxygen atoms in total. The van der Waals surface area contributed by atoms with Crippen LogP contribution in [0.1, 0.15) is 16.5 Å². The van der Waals surface area contributed by atoms with E-state index < -0.39 is 5.82 Å². The molecular formula is C13H12BrF2NS. The Morgan fingerprint density at radius 3 is 2.72 bits per heavy atom. The lowest BCUT2D eigenvalue weighted by molar-refractivity contribution is 0.525. The molecule has 0 fully saturated rings. The Hall–Kier alpha value is -0.780. The van der Waals surface area contributed by atoms with Crippen molar-refractivity contribution in [3.63, 3.8) is 0 Å². The third-order valence-electron chi connectivity index (χ3n) is 2.71. The maximum Gasteiger partial charge on any atom is 0.128 e. The first-order chi connectivity index (χ1) is 8.60. The summed E-state index contributed by atoms with van der Waals surface area (Å²) in [6.45, 7) is 0. The Labute approximate surface area is 117 Å². The standard InChI is InChI=1S/C13H12BrF2NS/c1-17-13(6-10-4-8(14)7-18-10)11-5-9(15)2-3-12(11)16/h2-5,7,13,17H,6H2,1H3. The van der Waals surface area contributed by atoms with Crippen LogP contribution in [0.3, 0.4) is 0 Å². The van der Waals surface area contributed by atoms with E-state index in [0.29, 0.717) is 12.0 Å². The van der Waals surface area contributed by atoms with E-state index in [1.54, 1.807) is 18.4 Å². The van der Waals surface area contributed by atoms with E-state index in [2.05, 4.69) is 21.2 Å². The third-order valence-corrected chi connectivity index (χ3v) is 4.43. The van der Waals surface area contributed by atoms with Gasteiger partial charge in [0.15, 0.2) is 0 Å². The minimum Gasteiger partial charge on any atom is -0.313 e. The van der Waals surface area contributed by atoms with Crippen molar-refractivity contribution in [2.45, 2.75) is 12.5 Å². The van der Waals surface area contributed by atoms with Crippen LogP contribution in [0.5, 0.6) is 0 Å². The number of thiophene rings is 1. The van der Waals surface area contributed by atoms with Gasteiger partial charge in [0, 0.05) is 32.8 Å². The van der Waals surface area contributed by atoms with Crippen molar-refractivity contribution < 1.29 is 8.78 Å². The molecule has 0 saturated heterocycles. The highest BCUT2D eigenvalue weighted by Gasteiger charge is 2.16. The summed E-state index contributed by atoms with van der Waals surface area (Å²) in [6.07, 6.45) is 0.632. The monoisotopic (exact) mass is 331 g/mol. The van der Waals surface area contributed by atoms with Gasteiger partial charge in [0.2, 0.25) is 0 Å². The second-order valence-corrected chi connectivity index (χ2v) is 5.85. The van der Waals surface area contributed by atoms with Crippen molar-refractivity contribution in [2.24, 2.45) is 0 Å². The van der Waals surface area contributed by atoms with Crippen molar-refractivity contribution in [1.29, 1.82) is 0 Å². The second-order valence-electron chi connectivity index (χ2n) is 3.94. The van der Waals surface area contributed by atoms with Crippen molar-refractivity contribution in [3.05, 3.63) is 56.2 Å². The Balaban J connectivity index is 2.25. The summed E-state index contributed by atoms with van der Waals surface area (Å²) in [5.41, 5.74) is 0.363. The molecule has 0 aliphatic rings. The lowest BCUT2D eigenvalue weighted by Gasteiger charge is -2.16. The van der Waals surface area contributed by atoms with Crippen LogP contribution in [-0.4, -0.2) is 7.05 Å². The molecule has 1 N–H and O–H groups in total. The van der Waals surface area contributed by atoms with Crippen LogP contribution in [-0.2, 0) is 6.42 Å². The number of benzene rings is 1. The Bertz CT molecular complexity index is 542. The summed E-state index contributed by atoms with van der Waals surface area (Å²) in [6, 6.07) is 5.31. The minimum atomic E-state index is -0.418. The van der Waals surface area contributed by atoms with Gasteiger partial charge in [0.05, 0.1) is 0 Å². The van der Waals surface area contributed by atoms with E-state index in [4.69, 9.17) is 0 Å². The highest BCUT2D eigenvalue weighted by Crippen LogP contribution is 2.27. The minimum absolute atomic E-state index is 0.230. The molecule has 0 spiro atoms. The smallest absolute Gasteiger partial charge is 0.128 e. The summed E-state index contributed by atoms with van der Waals surface area (Å²) >= 11 is 4.98. The van der Waals surface area contributed by atoms with E-state index in [1.807, 2.05) is 11.4 Å². The van der Waals surface area contributed by atoms with Gasteiger partial charge in [-0.1, -0.05) is 0 Å². The van der Waals surface area contributed by atoms with Crippen LogP contribution in [0.15, 0.2) is 34.1 Å². The summed E-state index contributed by atoms with van der Waals surface area (Å²) in [5, 5.41) is 5.01. The molecule has 1 atom stereocenters. The van der Waals surface area contributed by atoms with E-state index >= 15 is 0 Å². The number of halogens is 3. The molecule has 2 rings (SSSR count). The predicted molar refractivity (Wildman–Crippen MR) is 73.9 cm³/mol. The van der Waals surface area contributed by atoms with Gasteiger partial charge >= 0.3 is 0 Å². The molecule has 1 aromatic heterocycles. The fourth-order valence-corrected chi connectivity index (χ4v) is 3.31. The molecule has 0 radical (unpaired) electrons. The van der Waals surface area contributed by atoms with Crippen molar-refractivity contribution in [3.8, 4) is 0 Å². The average Bonchev–Trinajstić information content (AvgIpc) is 2.75. The fraction of sp³-hybridized carbons (Fsp3) is 0.231. The Morgan fingerprint density at radius 1 is 1.33 bits per heavy atom. The highest BCUT2D eigenvalue weighted by atomic mass is 79.9. The first kappa shape index (κ1) is 13.6.